The minimum atomic E-state index is -1.19. The first-order valence-corrected chi connectivity index (χ1v) is 12.1. The van der Waals surface area contributed by atoms with Gasteiger partial charge in [0.25, 0.3) is 0 Å². The molecule has 0 radical (unpaired) electrons. The lowest BCUT2D eigenvalue weighted by molar-refractivity contribution is -0.145. The van der Waals surface area contributed by atoms with Crippen LogP contribution in [0.15, 0.2) is 78.9 Å². The van der Waals surface area contributed by atoms with Gasteiger partial charge in [0.1, 0.15) is 12.3 Å². The van der Waals surface area contributed by atoms with E-state index in [2.05, 4.69) is 15.9 Å². The summed E-state index contributed by atoms with van der Waals surface area (Å²) in [5.41, 5.74) is 3.58. The number of hydrogen-bond donors (Lipinski definition) is 0. The molecule has 0 unspecified atom stereocenters. The Hall–Kier alpha value is -4.15. The fraction of sp³-hybridized carbons (Fsp3) is 0.214. The first kappa shape index (κ1) is 23.6. The molecular formula is C28H24ClN5O2. The van der Waals surface area contributed by atoms with Crippen molar-refractivity contribution >= 4 is 40.1 Å². The number of carbonyl (C=O) groups excluding carboxylic acids is 1. The molecule has 1 saturated heterocycles. The highest BCUT2D eigenvalue weighted by Crippen LogP contribution is 2.30. The van der Waals surface area contributed by atoms with Crippen LogP contribution in [0, 0.1) is 11.3 Å². The number of benzene rings is 3. The predicted molar refractivity (Wildman–Crippen MR) is 140 cm³/mol. The number of hydrogen-bond acceptors (Lipinski definition) is 7. The monoisotopic (exact) mass is 497 g/mol. The van der Waals surface area contributed by atoms with Crippen molar-refractivity contribution < 1.29 is 9.53 Å². The molecule has 1 aromatic heterocycles. The van der Waals surface area contributed by atoms with Crippen LogP contribution in [0.4, 0.5) is 11.5 Å². The Morgan fingerprint density at radius 1 is 0.917 bits per heavy atom. The molecule has 0 spiro atoms. The predicted octanol–water partition coefficient (Wildman–Crippen LogP) is 4.96. The molecule has 4 aromatic rings. The summed E-state index contributed by atoms with van der Waals surface area (Å²) in [6, 6.07) is 26.8. The molecule has 36 heavy (non-hydrogen) atoms. The summed E-state index contributed by atoms with van der Waals surface area (Å²) < 4.78 is 5.51. The Morgan fingerprint density at radius 2 is 1.58 bits per heavy atom. The Kier molecular flexibility index (Phi) is 6.96. The molecule has 180 valence electrons. The molecule has 8 heteroatoms. The molecule has 5 rings (SSSR count). The zero-order valence-corrected chi connectivity index (χ0v) is 20.3. The van der Waals surface area contributed by atoms with Crippen LogP contribution in [0.1, 0.15) is 17.2 Å². The molecule has 1 aliphatic heterocycles. The van der Waals surface area contributed by atoms with E-state index in [0.29, 0.717) is 40.7 Å². The van der Waals surface area contributed by atoms with Gasteiger partial charge in [0.05, 0.1) is 17.1 Å². The number of ether oxygens (including phenoxy) is 1. The third kappa shape index (κ3) is 5.09. The third-order valence-electron chi connectivity index (χ3n) is 6.19. The van der Waals surface area contributed by atoms with Crippen LogP contribution in [-0.4, -0.2) is 42.1 Å². The summed E-state index contributed by atoms with van der Waals surface area (Å²) in [7, 11) is 0. The summed E-state index contributed by atoms with van der Waals surface area (Å²) >= 11 is 6.18. The maximum atomic E-state index is 13.0. The molecule has 3 aromatic carbocycles. The van der Waals surface area contributed by atoms with E-state index in [9.17, 15) is 10.1 Å². The topological polar surface area (TPSA) is 82.3 Å². The molecular weight excluding hydrogens is 474 g/mol. The molecule has 1 aliphatic rings. The normalized spacial score (nSPS) is 14.3. The van der Waals surface area contributed by atoms with Crippen LogP contribution >= 0.6 is 11.6 Å². The Bertz CT molecular complexity index is 1410. The van der Waals surface area contributed by atoms with E-state index < -0.39 is 11.9 Å². The van der Waals surface area contributed by atoms with Crippen molar-refractivity contribution in [2.75, 3.05) is 36.0 Å². The first-order chi connectivity index (χ1) is 17.6. The van der Waals surface area contributed by atoms with Gasteiger partial charge in [-0.25, -0.2) is 9.97 Å². The van der Waals surface area contributed by atoms with Gasteiger partial charge < -0.3 is 14.5 Å². The van der Waals surface area contributed by atoms with Gasteiger partial charge in [0.2, 0.25) is 0 Å². The average Bonchev–Trinajstić information content (AvgIpc) is 2.92. The second kappa shape index (κ2) is 10.6. The van der Waals surface area contributed by atoms with Gasteiger partial charge in [0, 0.05) is 36.9 Å². The fourth-order valence-electron chi connectivity index (χ4n) is 4.32. The van der Waals surface area contributed by atoms with Crippen LogP contribution in [0.5, 0.6) is 0 Å². The van der Waals surface area contributed by atoms with Gasteiger partial charge >= 0.3 is 5.97 Å². The maximum absolute atomic E-state index is 13.0. The van der Waals surface area contributed by atoms with Crippen LogP contribution in [0.3, 0.4) is 0 Å². The third-order valence-corrected chi connectivity index (χ3v) is 6.43. The van der Waals surface area contributed by atoms with E-state index in [-0.39, 0.29) is 6.61 Å². The number of esters is 1. The second-order valence-electron chi connectivity index (χ2n) is 8.53. The largest absolute Gasteiger partial charge is 0.460 e. The highest BCUT2D eigenvalue weighted by atomic mass is 35.5. The van der Waals surface area contributed by atoms with Crippen LogP contribution in [0.25, 0.3) is 11.0 Å². The van der Waals surface area contributed by atoms with Crippen molar-refractivity contribution in [2.24, 2.45) is 0 Å². The maximum Gasteiger partial charge on any atom is 0.330 e. The summed E-state index contributed by atoms with van der Waals surface area (Å²) in [5.74, 6) is -1.28. The smallest absolute Gasteiger partial charge is 0.330 e. The minimum absolute atomic E-state index is 0.0898. The van der Waals surface area contributed by atoms with E-state index in [4.69, 9.17) is 26.3 Å². The lowest BCUT2D eigenvalue weighted by Crippen LogP contribution is -2.47. The highest BCUT2D eigenvalue weighted by Gasteiger charge is 2.31. The van der Waals surface area contributed by atoms with E-state index in [0.717, 1.165) is 24.3 Å². The van der Waals surface area contributed by atoms with Crippen molar-refractivity contribution in [1.82, 2.24) is 9.97 Å². The van der Waals surface area contributed by atoms with Crippen molar-refractivity contribution in [3.05, 3.63) is 95.1 Å². The average molecular weight is 498 g/mol. The van der Waals surface area contributed by atoms with E-state index in [1.807, 2.05) is 78.9 Å². The van der Waals surface area contributed by atoms with Crippen molar-refractivity contribution in [2.45, 2.75) is 12.5 Å². The summed E-state index contributed by atoms with van der Waals surface area (Å²) in [4.78, 5) is 27.0. The molecule has 0 bridgehead atoms. The lowest BCUT2D eigenvalue weighted by atomic mass is 10.1. The van der Waals surface area contributed by atoms with E-state index in [1.165, 1.54) is 0 Å². The first-order valence-electron chi connectivity index (χ1n) is 11.7. The standard InChI is InChI=1S/C28H24ClN5O2/c29-21-9-6-10-22(17-21)33-13-15-34(16-14-33)27-26(31-24-11-4-5-12-25(24)32-27)23(18-30)28(35)36-19-20-7-2-1-3-8-20/h1-12,17,23H,13-16,19H2/t23-/m0/s1. The fourth-order valence-corrected chi connectivity index (χ4v) is 4.50. The van der Waals surface area contributed by atoms with Crippen molar-refractivity contribution in [3.8, 4) is 6.07 Å². The van der Waals surface area contributed by atoms with Gasteiger partial charge in [0.15, 0.2) is 11.7 Å². The molecule has 2 heterocycles. The number of carbonyl (C=O) groups is 1. The van der Waals surface area contributed by atoms with Crippen LogP contribution in [0.2, 0.25) is 5.02 Å². The molecule has 1 atom stereocenters. The molecule has 0 N–H and O–H groups in total. The zero-order valence-electron chi connectivity index (χ0n) is 19.5. The van der Waals surface area contributed by atoms with Gasteiger partial charge in [-0.2, -0.15) is 5.26 Å². The molecule has 0 saturated carbocycles. The van der Waals surface area contributed by atoms with E-state index in [1.54, 1.807) is 0 Å². The number of fused-ring (bicyclic) bond motifs is 1. The lowest BCUT2D eigenvalue weighted by Gasteiger charge is -2.37. The molecule has 0 amide bonds. The van der Waals surface area contributed by atoms with Crippen LogP contribution < -0.4 is 9.80 Å². The summed E-state index contributed by atoms with van der Waals surface area (Å²) in [6.45, 7) is 2.88. The molecule has 7 nitrogen and oxygen atoms in total. The summed E-state index contributed by atoms with van der Waals surface area (Å²) in [5, 5.41) is 10.7. The number of halogens is 1. The Labute approximate surface area is 214 Å². The summed E-state index contributed by atoms with van der Waals surface area (Å²) in [6.07, 6.45) is 0. The van der Waals surface area contributed by atoms with Gasteiger partial charge in [-0.05, 0) is 35.9 Å². The number of aromatic nitrogens is 2. The minimum Gasteiger partial charge on any atom is -0.460 e. The number of nitriles is 1. The van der Waals surface area contributed by atoms with Crippen molar-refractivity contribution in [1.29, 1.82) is 5.26 Å². The number of piperazine rings is 1. The molecule has 0 aliphatic carbocycles. The number of nitrogens with zero attached hydrogens (tertiary/aromatic N) is 5. The van der Waals surface area contributed by atoms with Gasteiger partial charge in [-0.15, -0.1) is 0 Å². The van der Waals surface area contributed by atoms with Crippen LogP contribution in [-0.2, 0) is 16.1 Å². The number of rotatable bonds is 6. The SMILES string of the molecule is N#C[C@H](C(=O)OCc1ccccc1)c1nc2ccccc2nc1N1CCN(c2cccc(Cl)c2)CC1. The number of anilines is 2. The molecule has 1 fully saturated rings. The second-order valence-corrected chi connectivity index (χ2v) is 8.97. The Morgan fingerprint density at radius 3 is 2.28 bits per heavy atom. The highest BCUT2D eigenvalue weighted by molar-refractivity contribution is 6.30. The van der Waals surface area contributed by atoms with Gasteiger partial charge in [-0.3, -0.25) is 4.79 Å². The van der Waals surface area contributed by atoms with E-state index >= 15 is 0 Å². The Balaban J connectivity index is 1.41. The van der Waals surface area contributed by atoms with Crippen molar-refractivity contribution in [3.63, 3.8) is 0 Å². The quantitative estimate of drug-likeness (QED) is 0.348. The zero-order chi connectivity index (χ0) is 24.9. The number of para-hydroxylation sites is 2. The van der Waals surface area contributed by atoms with Gasteiger partial charge in [-0.1, -0.05) is 60.1 Å².